The Balaban J connectivity index is 1.94. The van der Waals surface area contributed by atoms with Crippen LogP contribution in [0.15, 0.2) is 53.0 Å². The molecule has 0 saturated carbocycles. The molecule has 0 heterocycles. The van der Waals surface area contributed by atoms with Gasteiger partial charge in [0.25, 0.3) is 5.91 Å². The van der Waals surface area contributed by atoms with E-state index in [0.717, 1.165) is 13.7 Å². The zero-order valence-electron chi connectivity index (χ0n) is 10.8. The van der Waals surface area contributed by atoms with Crippen LogP contribution in [0.4, 0.5) is 5.69 Å². The van der Waals surface area contributed by atoms with Crippen molar-refractivity contribution in [1.82, 2.24) is 0 Å². The van der Waals surface area contributed by atoms with Crippen LogP contribution in [0.3, 0.4) is 0 Å². The van der Waals surface area contributed by atoms with Gasteiger partial charge in [-0.3, -0.25) is 4.79 Å². The van der Waals surface area contributed by atoms with Gasteiger partial charge in [-0.1, -0.05) is 15.9 Å². The Kier molecular flexibility index (Phi) is 5.42. The lowest BCUT2D eigenvalue weighted by molar-refractivity contribution is -0.122. The monoisotopic (exact) mass is 445 g/mol. The van der Waals surface area contributed by atoms with Crippen LogP contribution in [-0.2, 0) is 4.79 Å². The predicted octanol–water partition coefficient (Wildman–Crippen LogP) is 4.46. The van der Waals surface area contributed by atoms with Gasteiger partial charge >= 0.3 is 0 Å². The van der Waals surface area contributed by atoms with Crippen LogP contribution in [0.25, 0.3) is 0 Å². The first-order chi connectivity index (χ1) is 9.54. The van der Waals surface area contributed by atoms with E-state index in [4.69, 9.17) is 4.74 Å². The standard InChI is InChI=1S/C15H13BrINO2/c1-10(20-14-8-4-12(17)5-9-14)15(19)18-13-6-2-11(16)3-7-13/h2-10H,1H3,(H,18,19)/t10-/m0/s1. The number of rotatable bonds is 4. The molecule has 1 N–H and O–H groups in total. The van der Waals surface area contributed by atoms with E-state index in [9.17, 15) is 4.79 Å². The number of anilines is 1. The first kappa shape index (κ1) is 15.3. The highest BCUT2D eigenvalue weighted by molar-refractivity contribution is 14.1. The quantitative estimate of drug-likeness (QED) is 0.705. The number of ether oxygens (including phenoxy) is 1. The minimum absolute atomic E-state index is 0.175. The summed E-state index contributed by atoms with van der Waals surface area (Å²) in [4.78, 5) is 12.0. The molecule has 1 atom stereocenters. The van der Waals surface area contributed by atoms with Gasteiger partial charge in [0.05, 0.1) is 0 Å². The number of amides is 1. The van der Waals surface area contributed by atoms with E-state index < -0.39 is 6.10 Å². The van der Waals surface area contributed by atoms with Crippen LogP contribution in [-0.4, -0.2) is 12.0 Å². The molecule has 104 valence electrons. The molecule has 3 nitrogen and oxygen atoms in total. The van der Waals surface area contributed by atoms with Crippen molar-refractivity contribution >= 4 is 50.1 Å². The van der Waals surface area contributed by atoms with Gasteiger partial charge in [-0.15, -0.1) is 0 Å². The van der Waals surface area contributed by atoms with E-state index in [2.05, 4.69) is 43.8 Å². The summed E-state index contributed by atoms with van der Waals surface area (Å²) in [6.07, 6.45) is -0.557. The second-order valence-corrected chi connectivity index (χ2v) is 6.37. The second-order valence-electron chi connectivity index (χ2n) is 4.21. The highest BCUT2D eigenvalue weighted by atomic mass is 127. The van der Waals surface area contributed by atoms with Crippen LogP contribution in [0.2, 0.25) is 0 Å². The predicted molar refractivity (Wildman–Crippen MR) is 92.0 cm³/mol. The normalized spacial score (nSPS) is 11.8. The molecule has 0 aliphatic rings. The van der Waals surface area contributed by atoms with Crippen molar-refractivity contribution < 1.29 is 9.53 Å². The Morgan fingerprint density at radius 1 is 1.15 bits per heavy atom. The molecule has 0 aromatic heterocycles. The Labute approximate surface area is 140 Å². The third kappa shape index (κ3) is 4.49. The molecule has 2 rings (SSSR count). The van der Waals surface area contributed by atoms with Crippen molar-refractivity contribution in [2.45, 2.75) is 13.0 Å². The maximum absolute atomic E-state index is 12.0. The molecule has 0 saturated heterocycles. The van der Waals surface area contributed by atoms with E-state index in [1.54, 1.807) is 6.92 Å². The van der Waals surface area contributed by atoms with Crippen molar-refractivity contribution in [2.24, 2.45) is 0 Å². The summed E-state index contributed by atoms with van der Waals surface area (Å²) >= 11 is 5.58. The summed E-state index contributed by atoms with van der Waals surface area (Å²) in [5.41, 5.74) is 0.747. The van der Waals surface area contributed by atoms with Gasteiger partial charge in [0.15, 0.2) is 6.10 Å². The second kappa shape index (κ2) is 7.08. The van der Waals surface area contributed by atoms with Crippen molar-refractivity contribution in [3.63, 3.8) is 0 Å². The number of hydrogen-bond acceptors (Lipinski definition) is 2. The smallest absolute Gasteiger partial charge is 0.265 e. The van der Waals surface area contributed by atoms with Crippen LogP contribution >= 0.6 is 38.5 Å². The molecule has 20 heavy (non-hydrogen) atoms. The van der Waals surface area contributed by atoms with Crippen molar-refractivity contribution in [3.05, 3.63) is 56.6 Å². The van der Waals surface area contributed by atoms with Crippen LogP contribution in [0, 0.1) is 3.57 Å². The molecule has 0 unspecified atom stereocenters. The van der Waals surface area contributed by atoms with Gasteiger partial charge < -0.3 is 10.1 Å². The topological polar surface area (TPSA) is 38.3 Å². The lowest BCUT2D eigenvalue weighted by Gasteiger charge is -2.14. The molecule has 0 spiro atoms. The van der Waals surface area contributed by atoms with Gasteiger partial charge in [-0.2, -0.15) is 0 Å². The molecule has 0 radical (unpaired) electrons. The molecule has 0 aliphatic heterocycles. The maximum Gasteiger partial charge on any atom is 0.265 e. The summed E-state index contributed by atoms with van der Waals surface area (Å²) in [6, 6.07) is 15.0. The average Bonchev–Trinajstić information content (AvgIpc) is 2.44. The fraction of sp³-hybridized carbons (Fsp3) is 0.133. The molecule has 1 amide bonds. The Hall–Kier alpha value is -1.08. The Morgan fingerprint density at radius 3 is 2.35 bits per heavy atom. The zero-order chi connectivity index (χ0) is 14.5. The van der Waals surface area contributed by atoms with Gasteiger partial charge in [0.2, 0.25) is 0 Å². The van der Waals surface area contributed by atoms with E-state index in [-0.39, 0.29) is 5.91 Å². The van der Waals surface area contributed by atoms with Gasteiger partial charge in [0.1, 0.15) is 5.75 Å². The minimum atomic E-state index is -0.557. The van der Waals surface area contributed by atoms with Crippen molar-refractivity contribution in [3.8, 4) is 5.75 Å². The molecule has 5 heteroatoms. The first-order valence-corrected chi connectivity index (χ1v) is 7.90. The van der Waals surface area contributed by atoms with Gasteiger partial charge in [0, 0.05) is 13.7 Å². The lowest BCUT2D eigenvalue weighted by Crippen LogP contribution is -2.30. The minimum Gasteiger partial charge on any atom is -0.481 e. The number of carbonyl (C=O) groups is 1. The van der Waals surface area contributed by atoms with E-state index >= 15 is 0 Å². The highest BCUT2D eigenvalue weighted by Crippen LogP contribution is 2.17. The van der Waals surface area contributed by atoms with Gasteiger partial charge in [-0.25, -0.2) is 0 Å². The number of carbonyl (C=O) groups excluding carboxylic acids is 1. The summed E-state index contributed by atoms with van der Waals surface area (Å²) in [7, 11) is 0. The highest BCUT2D eigenvalue weighted by Gasteiger charge is 2.14. The summed E-state index contributed by atoms with van der Waals surface area (Å²) < 4.78 is 7.70. The molecular weight excluding hydrogens is 433 g/mol. The molecule has 0 bridgehead atoms. The maximum atomic E-state index is 12.0. The summed E-state index contributed by atoms with van der Waals surface area (Å²) in [5, 5.41) is 2.81. The van der Waals surface area contributed by atoms with Gasteiger partial charge in [-0.05, 0) is 78.0 Å². The Bertz CT molecular complexity index is 584. The lowest BCUT2D eigenvalue weighted by atomic mass is 10.3. The molecule has 0 fully saturated rings. The van der Waals surface area contributed by atoms with Crippen LogP contribution in [0.5, 0.6) is 5.75 Å². The fourth-order valence-corrected chi connectivity index (χ4v) is 2.17. The number of hydrogen-bond donors (Lipinski definition) is 1. The van der Waals surface area contributed by atoms with Crippen LogP contribution < -0.4 is 10.1 Å². The first-order valence-electron chi connectivity index (χ1n) is 6.03. The van der Waals surface area contributed by atoms with Crippen LogP contribution in [0.1, 0.15) is 6.92 Å². The summed E-state index contributed by atoms with van der Waals surface area (Å²) in [6.45, 7) is 1.73. The third-order valence-electron chi connectivity index (χ3n) is 2.61. The largest absolute Gasteiger partial charge is 0.481 e. The number of halogens is 2. The average molecular weight is 446 g/mol. The van der Waals surface area contributed by atoms with Crippen molar-refractivity contribution in [1.29, 1.82) is 0 Å². The number of nitrogens with one attached hydrogen (secondary N) is 1. The zero-order valence-corrected chi connectivity index (χ0v) is 14.5. The van der Waals surface area contributed by atoms with Crippen molar-refractivity contribution in [2.75, 3.05) is 5.32 Å². The third-order valence-corrected chi connectivity index (χ3v) is 3.86. The molecular formula is C15H13BrINO2. The molecule has 2 aromatic rings. The van der Waals surface area contributed by atoms with E-state index in [0.29, 0.717) is 5.75 Å². The van der Waals surface area contributed by atoms with E-state index in [1.165, 1.54) is 0 Å². The Morgan fingerprint density at radius 2 is 1.75 bits per heavy atom. The fourth-order valence-electron chi connectivity index (χ4n) is 1.55. The SMILES string of the molecule is C[C@H](Oc1ccc(I)cc1)C(=O)Nc1ccc(Br)cc1. The summed E-state index contributed by atoms with van der Waals surface area (Å²) in [5.74, 6) is 0.509. The molecule has 2 aromatic carbocycles. The number of benzene rings is 2. The molecule has 0 aliphatic carbocycles. The van der Waals surface area contributed by atoms with E-state index in [1.807, 2.05) is 48.5 Å².